The molecule has 0 fully saturated rings. The third-order valence-electron chi connectivity index (χ3n) is 4.64. The molecule has 1 aromatic rings. The predicted molar refractivity (Wildman–Crippen MR) is 112 cm³/mol. The summed E-state index contributed by atoms with van der Waals surface area (Å²) < 4.78 is 21.3. The van der Waals surface area contributed by atoms with Crippen molar-refractivity contribution in [1.82, 2.24) is 0 Å². The normalized spacial score (nSPS) is 15.7. The average Bonchev–Trinajstić information content (AvgIpc) is 2.73. The van der Waals surface area contributed by atoms with Crippen molar-refractivity contribution in [1.29, 1.82) is 5.26 Å². The van der Waals surface area contributed by atoms with Crippen LogP contribution in [0.2, 0.25) is 0 Å². The van der Waals surface area contributed by atoms with Gasteiger partial charge in [-0.3, -0.25) is 4.79 Å². The second-order valence-corrected chi connectivity index (χ2v) is 6.80. The van der Waals surface area contributed by atoms with Crippen LogP contribution in [-0.2, 0) is 23.8 Å². The first-order chi connectivity index (χ1) is 14.9. The highest BCUT2D eigenvalue weighted by Crippen LogP contribution is 2.40. The van der Waals surface area contributed by atoms with Crippen LogP contribution in [0.3, 0.4) is 0 Å². The minimum Gasteiger partial charge on any atom is -0.494 e. The molecule has 0 aromatic heterocycles. The zero-order valence-electron chi connectivity index (χ0n) is 18.1. The van der Waals surface area contributed by atoms with Crippen LogP contribution in [0, 0.1) is 11.3 Å². The number of nitrogens with zero attached hydrogens (tertiary/aromatic N) is 1. The lowest BCUT2D eigenvalue weighted by Crippen LogP contribution is -2.25. The molecular weight excluding hydrogens is 400 g/mol. The van der Waals surface area contributed by atoms with E-state index in [4.69, 9.17) is 24.7 Å². The molecule has 8 nitrogen and oxygen atoms in total. The summed E-state index contributed by atoms with van der Waals surface area (Å²) in [6.07, 6.45) is 1.69. The van der Waals surface area contributed by atoms with E-state index in [1.807, 2.05) is 0 Å². The van der Waals surface area contributed by atoms with Gasteiger partial charge in [0.05, 0.1) is 31.3 Å². The molecule has 1 aliphatic rings. The van der Waals surface area contributed by atoms with Gasteiger partial charge in [0.2, 0.25) is 5.88 Å². The molecule has 8 heteroatoms. The number of ether oxygens (including phenoxy) is 4. The Bertz CT molecular complexity index is 913. The average molecular weight is 428 g/mol. The number of esters is 2. The van der Waals surface area contributed by atoms with Crippen LogP contribution >= 0.6 is 0 Å². The summed E-state index contributed by atoms with van der Waals surface area (Å²) in [5.74, 6) is -0.655. The third kappa shape index (κ3) is 6.25. The molecule has 0 amide bonds. The van der Waals surface area contributed by atoms with Crippen LogP contribution in [0.1, 0.15) is 51.5 Å². The van der Waals surface area contributed by atoms with Crippen molar-refractivity contribution in [3.05, 3.63) is 52.6 Å². The maximum absolute atomic E-state index is 12.6. The molecular formula is C23H28N2O6. The van der Waals surface area contributed by atoms with E-state index in [-0.39, 0.29) is 29.6 Å². The van der Waals surface area contributed by atoms with Crippen molar-refractivity contribution in [3.63, 3.8) is 0 Å². The Balaban J connectivity index is 2.17. The molecule has 31 heavy (non-hydrogen) atoms. The summed E-state index contributed by atoms with van der Waals surface area (Å²) >= 11 is 0. The summed E-state index contributed by atoms with van der Waals surface area (Å²) in [6, 6.07) is 9.17. The van der Waals surface area contributed by atoms with E-state index in [1.165, 1.54) is 0 Å². The van der Waals surface area contributed by atoms with E-state index in [2.05, 4.69) is 6.07 Å². The fraction of sp³-hybridized carbons (Fsp3) is 0.435. The Morgan fingerprint density at radius 1 is 1.19 bits per heavy atom. The highest BCUT2D eigenvalue weighted by molar-refractivity contribution is 5.92. The number of unbranched alkanes of at least 4 members (excludes halogenated alkanes) is 1. The van der Waals surface area contributed by atoms with E-state index in [9.17, 15) is 14.9 Å². The quantitative estimate of drug-likeness (QED) is 0.444. The van der Waals surface area contributed by atoms with Gasteiger partial charge in [-0.25, -0.2) is 4.79 Å². The van der Waals surface area contributed by atoms with Gasteiger partial charge in [0.15, 0.2) is 0 Å². The molecule has 1 aliphatic heterocycles. The Kier molecular flexibility index (Phi) is 8.94. The molecule has 0 spiro atoms. The zero-order valence-corrected chi connectivity index (χ0v) is 18.1. The molecule has 1 atom stereocenters. The van der Waals surface area contributed by atoms with E-state index in [1.54, 1.807) is 45.0 Å². The molecule has 1 unspecified atom stereocenters. The van der Waals surface area contributed by atoms with Gasteiger partial charge >= 0.3 is 11.9 Å². The Morgan fingerprint density at radius 3 is 2.61 bits per heavy atom. The van der Waals surface area contributed by atoms with E-state index < -0.39 is 11.9 Å². The van der Waals surface area contributed by atoms with Gasteiger partial charge in [0.1, 0.15) is 23.2 Å². The second kappa shape index (κ2) is 11.6. The van der Waals surface area contributed by atoms with Crippen LogP contribution in [0.4, 0.5) is 0 Å². The molecule has 0 saturated heterocycles. The third-order valence-corrected chi connectivity index (χ3v) is 4.64. The largest absolute Gasteiger partial charge is 0.494 e. The molecule has 1 heterocycles. The van der Waals surface area contributed by atoms with Crippen molar-refractivity contribution in [2.24, 2.45) is 5.73 Å². The van der Waals surface area contributed by atoms with Gasteiger partial charge in [-0.15, -0.1) is 0 Å². The first kappa shape index (κ1) is 23.8. The number of nitriles is 1. The Hall–Kier alpha value is -3.47. The fourth-order valence-corrected chi connectivity index (χ4v) is 3.27. The maximum Gasteiger partial charge on any atom is 0.338 e. The van der Waals surface area contributed by atoms with E-state index >= 15 is 0 Å². The lowest BCUT2D eigenvalue weighted by molar-refractivity contribution is -0.143. The van der Waals surface area contributed by atoms with Crippen LogP contribution < -0.4 is 10.5 Å². The van der Waals surface area contributed by atoms with Crippen LogP contribution in [0.15, 0.2) is 47.1 Å². The number of carbonyl (C=O) groups excluding carboxylic acids is 2. The number of hydrogen-bond donors (Lipinski definition) is 1. The zero-order chi connectivity index (χ0) is 22.8. The first-order valence-electron chi connectivity index (χ1n) is 10.3. The first-order valence-corrected chi connectivity index (χ1v) is 10.3. The summed E-state index contributed by atoms with van der Waals surface area (Å²) in [4.78, 5) is 24.0. The van der Waals surface area contributed by atoms with Gasteiger partial charge < -0.3 is 24.7 Å². The summed E-state index contributed by atoms with van der Waals surface area (Å²) in [5, 5.41) is 9.65. The lowest BCUT2D eigenvalue weighted by Gasteiger charge is -2.27. The minimum absolute atomic E-state index is 0.0386. The molecule has 2 rings (SSSR count). The van der Waals surface area contributed by atoms with Crippen LogP contribution in [-0.4, -0.2) is 31.8 Å². The number of benzene rings is 1. The molecule has 1 aromatic carbocycles. The molecule has 166 valence electrons. The molecule has 0 aliphatic carbocycles. The van der Waals surface area contributed by atoms with Gasteiger partial charge in [-0.2, -0.15) is 5.26 Å². The van der Waals surface area contributed by atoms with Gasteiger partial charge in [0.25, 0.3) is 0 Å². The predicted octanol–water partition coefficient (Wildman–Crippen LogP) is 3.44. The number of hydrogen-bond acceptors (Lipinski definition) is 8. The summed E-state index contributed by atoms with van der Waals surface area (Å²) in [6.45, 7) is 6.08. The van der Waals surface area contributed by atoms with Gasteiger partial charge in [-0.05, 0) is 51.3 Å². The van der Waals surface area contributed by atoms with Crippen molar-refractivity contribution in [2.75, 3.05) is 19.8 Å². The topological polar surface area (TPSA) is 121 Å². The number of allylic oxidation sites excluding steroid dienone is 2. The molecule has 2 N–H and O–H groups in total. The molecule has 0 saturated carbocycles. The SMILES string of the molecule is CCOC(=O)CCCCOc1cccc(C2C(C#N)=C(N)OC(C)=C2C(=O)OCC)c1. The van der Waals surface area contributed by atoms with Crippen molar-refractivity contribution < 1.29 is 28.5 Å². The highest BCUT2D eigenvalue weighted by atomic mass is 16.5. The van der Waals surface area contributed by atoms with E-state index in [0.29, 0.717) is 49.5 Å². The van der Waals surface area contributed by atoms with Crippen LogP contribution in [0.5, 0.6) is 5.75 Å². The summed E-state index contributed by atoms with van der Waals surface area (Å²) in [7, 11) is 0. The minimum atomic E-state index is -0.717. The van der Waals surface area contributed by atoms with Gasteiger partial charge in [-0.1, -0.05) is 12.1 Å². The lowest BCUT2D eigenvalue weighted by atomic mass is 9.83. The van der Waals surface area contributed by atoms with E-state index in [0.717, 1.165) is 0 Å². The Labute approximate surface area is 182 Å². The molecule has 0 radical (unpaired) electrons. The maximum atomic E-state index is 12.6. The summed E-state index contributed by atoms with van der Waals surface area (Å²) in [5.41, 5.74) is 6.96. The number of rotatable bonds is 10. The second-order valence-electron chi connectivity index (χ2n) is 6.80. The monoisotopic (exact) mass is 428 g/mol. The standard InChI is InChI=1S/C23H28N2O6/c1-4-28-19(26)11-6-7-12-30-17-10-8-9-16(13-17)21-18(14-24)22(25)31-15(3)20(21)23(27)29-5-2/h8-10,13,21H,4-7,11-12,25H2,1-3H3. The van der Waals surface area contributed by atoms with Gasteiger partial charge in [0, 0.05) is 6.42 Å². The highest BCUT2D eigenvalue weighted by Gasteiger charge is 2.36. The van der Waals surface area contributed by atoms with Crippen molar-refractivity contribution >= 4 is 11.9 Å². The Morgan fingerprint density at radius 2 is 1.94 bits per heavy atom. The smallest absolute Gasteiger partial charge is 0.338 e. The number of nitrogens with two attached hydrogens (primary N) is 1. The number of carbonyl (C=O) groups is 2. The van der Waals surface area contributed by atoms with Crippen molar-refractivity contribution in [3.8, 4) is 11.8 Å². The van der Waals surface area contributed by atoms with Crippen molar-refractivity contribution in [2.45, 2.75) is 46.0 Å². The molecule has 0 bridgehead atoms. The van der Waals surface area contributed by atoms with Crippen LogP contribution in [0.25, 0.3) is 0 Å². The fourth-order valence-electron chi connectivity index (χ4n) is 3.27.